The number of carbonyl (C=O) groups excluding carboxylic acids is 1. The van der Waals surface area contributed by atoms with E-state index >= 15 is 0 Å². The maximum atomic E-state index is 12.8. The molecule has 2 aromatic rings. The fraction of sp³-hybridized carbons (Fsp3) is 0.435. The Kier molecular flexibility index (Phi) is 5.03. The molecule has 0 radical (unpaired) electrons. The Labute approximate surface area is 177 Å². The van der Waals surface area contributed by atoms with Gasteiger partial charge in [-0.1, -0.05) is 12.1 Å². The Bertz CT molecular complexity index is 1060. The van der Waals surface area contributed by atoms with Crippen LogP contribution in [0, 0.1) is 5.92 Å². The number of nitrogens with zero attached hydrogens (tertiary/aromatic N) is 2. The molecule has 0 unspecified atom stereocenters. The third kappa shape index (κ3) is 3.84. The first-order chi connectivity index (χ1) is 14.5. The number of sulfonamides is 1. The van der Waals surface area contributed by atoms with E-state index in [9.17, 15) is 13.2 Å². The van der Waals surface area contributed by atoms with Gasteiger partial charge in [0.25, 0.3) is 0 Å². The van der Waals surface area contributed by atoms with Gasteiger partial charge in [-0.3, -0.25) is 4.79 Å². The van der Waals surface area contributed by atoms with Gasteiger partial charge in [0.15, 0.2) is 0 Å². The second-order valence-electron chi connectivity index (χ2n) is 8.49. The van der Waals surface area contributed by atoms with Gasteiger partial charge in [-0.15, -0.1) is 0 Å². The van der Waals surface area contributed by atoms with E-state index in [2.05, 4.69) is 21.8 Å². The highest BCUT2D eigenvalue weighted by molar-refractivity contribution is 7.89. The molecule has 158 valence electrons. The summed E-state index contributed by atoms with van der Waals surface area (Å²) in [5.74, 6) is 0.345. The molecule has 7 heteroatoms. The molecular weight excluding hydrogens is 398 g/mol. The zero-order chi connectivity index (χ0) is 20.7. The van der Waals surface area contributed by atoms with Gasteiger partial charge in [-0.05, 0) is 73.6 Å². The van der Waals surface area contributed by atoms with Gasteiger partial charge in [0.05, 0.1) is 4.90 Å². The van der Waals surface area contributed by atoms with E-state index in [0.717, 1.165) is 42.7 Å². The molecule has 1 saturated heterocycles. The summed E-state index contributed by atoms with van der Waals surface area (Å²) < 4.78 is 28.3. The Balaban J connectivity index is 1.26. The first-order valence-corrected chi connectivity index (χ1v) is 12.3. The molecule has 6 nitrogen and oxygen atoms in total. The van der Waals surface area contributed by atoms with Crippen molar-refractivity contribution < 1.29 is 13.2 Å². The topological polar surface area (TPSA) is 69.7 Å². The second kappa shape index (κ2) is 7.71. The van der Waals surface area contributed by atoms with Crippen LogP contribution in [0.3, 0.4) is 0 Å². The Morgan fingerprint density at radius 1 is 1.00 bits per heavy atom. The number of carbonyl (C=O) groups is 1. The number of benzene rings is 2. The van der Waals surface area contributed by atoms with Crippen LogP contribution in [0.15, 0.2) is 47.4 Å². The van der Waals surface area contributed by atoms with Crippen molar-refractivity contribution in [1.29, 1.82) is 0 Å². The maximum absolute atomic E-state index is 12.8. The van der Waals surface area contributed by atoms with Crippen molar-refractivity contribution in [3.05, 3.63) is 53.6 Å². The van der Waals surface area contributed by atoms with Gasteiger partial charge < -0.3 is 9.80 Å². The fourth-order valence-corrected chi connectivity index (χ4v) is 5.45. The summed E-state index contributed by atoms with van der Waals surface area (Å²) >= 11 is 0. The zero-order valence-electron chi connectivity index (χ0n) is 17.0. The molecule has 1 N–H and O–H groups in total. The Morgan fingerprint density at radius 3 is 2.43 bits per heavy atom. The van der Waals surface area contributed by atoms with E-state index in [1.165, 1.54) is 18.5 Å². The van der Waals surface area contributed by atoms with Gasteiger partial charge in [-0.25, -0.2) is 13.1 Å². The molecule has 1 saturated carbocycles. The number of amides is 1. The lowest BCUT2D eigenvalue weighted by atomic mass is 10.2. The molecule has 1 aliphatic carbocycles. The van der Waals surface area contributed by atoms with E-state index in [1.54, 1.807) is 18.2 Å². The largest absolute Gasteiger partial charge is 0.372 e. The molecular formula is C23H27N3O3S. The highest BCUT2D eigenvalue weighted by atomic mass is 32.2. The molecule has 5 rings (SSSR count). The normalized spacial score (nSPS) is 18.7. The van der Waals surface area contributed by atoms with Crippen molar-refractivity contribution in [1.82, 2.24) is 4.72 Å². The molecule has 2 aliphatic heterocycles. The Hall–Kier alpha value is -2.38. The van der Waals surface area contributed by atoms with Crippen molar-refractivity contribution in [2.45, 2.75) is 43.5 Å². The first kappa shape index (κ1) is 19.6. The summed E-state index contributed by atoms with van der Waals surface area (Å²) in [5.41, 5.74) is 3.93. The van der Waals surface area contributed by atoms with Crippen LogP contribution in [-0.2, 0) is 27.8 Å². The summed E-state index contributed by atoms with van der Waals surface area (Å²) in [5, 5.41) is 0. The molecule has 0 aromatic heterocycles. The van der Waals surface area contributed by atoms with Crippen LogP contribution in [0.25, 0.3) is 0 Å². The summed E-state index contributed by atoms with van der Waals surface area (Å²) in [6, 6.07) is 13.2. The predicted molar refractivity (Wildman–Crippen MR) is 117 cm³/mol. The minimum atomic E-state index is -3.61. The number of nitrogens with one attached hydrogen (secondary N) is 1. The molecule has 0 spiro atoms. The van der Waals surface area contributed by atoms with Gasteiger partial charge in [0, 0.05) is 43.5 Å². The van der Waals surface area contributed by atoms with Crippen molar-refractivity contribution in [2.24, 2.45) is 5.92 Å². The van der Waals surface area contributed by atoms with Crippen LogP contribution in [0.2, 0.25) is 0 Å². The minimum absolute atomic E-state index is 0.165. The number of anilines is 2. The second-order valence-corrected chi connectivity index (χ2v) is 10.3. The molecule has 0 atom stereocenters. The predicted octanol–water partition coefficient (Wildman–Crippen LogP) is 3.06. The smallest absolute Gasteiger partial charge is 0.240 e. The average Bonchev–Trinajstić information content (AvgIpc) is 3.30. The SMILES string of the molecule is O=C(C1CC1)N1CCc2cc(S(=O)(=O)NCc3ccc(N4CCCC4)cc3)ccc21. The molecule has 3 aliphatic rings. The lowest BCUT2D eigenvalue weighted by Crippen LogP contribution is -2.30. The van der Waals surface area contributed by atoms with E-state index in [1.807, 2.05) is 17.0 Å². The van der Waals surface area contributed by atoms with E-state index < -0.39 is 10.0 Å². The van der Waals surface area contributed by atoms with Crippen LogP contribution in [-0.4, -0.2) is 34.0 Å². The highest BCUT2D eigenvalue weighted by Crippen LogP contribution is 2.37. The summed E-state index contributed by atoms with van der Waals surface area (Å²) in [6.07, 6.45) is 5.11. The molecule has 0 bridgehead atoms. The van der Waals surface area contributed by atoms with E-state index in [4.69, 9.17) is 0 Å². The van der Waals surface area contributed by atoms with Crippen LogP contribution in [0.4, 0.5) is 11.4 Å². The first-order valence-electron chi connectivity index (χ1n) is 10.8. The number of hydrogen-bond donors (Lipinski definition) is 1. The van der Waals surface area contributed by atoms with E-state index in [-0.39, 0.29) is 23.3 Å². The Morgan fingerprint density at radius 2 is 1.73 bits per heavy atom. The average molecular weight is 426 g/mol. The van der Waals surface area contributed by atoms with Crippen molar-refractivity contribution in [3.63, 3.8) is 0 Å². The molecule has 2 aromatic carbocycles. The van der Waals surface area contributed by atoms with Crippen LogP contribution in [0.5, 0.6) is 0 Å². The minimum Gasteiger partial charge on any atom is -0.372 e. The van der Waals surface area contributed by atoms with Gasteiger partial charge in [0.1, 0.15) is 0 Å². The van der Waals surface area contributed by atoms with Crippen molar-refractivity contribution in [2.75, 3.05) is 29.4 Å². The van der Waals surface area contributed by atoms with Crippen molar-refractivity contribution >= 4 is 27.3 Å². The molecule has 30 heavy (non-hydrogen) atoms. The zero-order valence-corrected chi connectivity index (χ0v) is 17.8. The monoisotopic (exact) mass is 425 g/mol. The van der Waals surface area contributed by atoms with Crippen LogP contribution >= 0.6 is 0 Å². The fourth-order valence-electron chi connectivity index (χ4n) is 4.39. The third-order valence-corrected chi connectivity index (χ3v) is 7.72. The lowest BCUT2D eigenvalue weighted by molar-refractivity contribution is -0.119. The standard InChI is InChI=1S/C23H27N3O3S/c27-23(18-5-6-18)26-14-11-19-15-21(9-10-22(19)26)30(28,29)24-16-17-3-7-20(8-4-17)25-12-1-2-13-25/h3-4,7-10,15,18,24H,1-2,5-6,11-14,16H2. The van der Waals surface area contributed by atoms with Crippen LogP contribution < -0.4 is 14.5 Å². The summed E-state index contributed by atoms with van der Waals surface area (Å²) in [7, 11) is -3.61. The van der Waals surface area contributed by atoms with Gasteiger partial charge in [-0.2, -0.15) is 0 Å². The van der Waals surface area contributed by atoms with Gasteiger partial charge in [0.2, 0.25) is 15.9 Å². The lowest BCUT2D eigenvalue weighted by Gasteiger charge is -2.18. The molecule has 1 amide bonds. The number of fused-ring (bicyclic) bond motifs is 1. The summed E-state index contributed by atoms with van der Waals surface area (Å²) in [6.45, 7) is 3.08. The quantitative estimate of drug-likeness (QED) is 0.772. The van der Waals surface area contributed by atoms with E-state index in [0.29, 0.717) is 13.0 Å². The van der Waals surface area contributed by atoms with Gasteiger partial charge >= 0.3 is 0 Å². The molecule has 2 heterocycles. The molecule has 2 fully saturated rings. The van der Waals surface area contributed by atoms with Crippen molar-refractivity contribution in [3.8, 4) is 0 Å². The van der Waals surface area contributed by atoms with Crippen LogP contribution in [0.1, 0.15) is 36.8 Å². The highest BCUT2D eigenvalue weighted by Gasteiger charge is 2.36. The maximum Gasteiger partial charge on any atom is 0.240 e. The number of hydrogen-bond acceptors (Lipinski definition) is 4. The third-order valence-electron chi connectivity index (χ3n) is 6.32. The number of rotatable bonds is 6. The summed E-state index contributed by atoms with van der Waals surface area (Å²) in [4.78, 5) is 16.8.